The standard InChI is InChI=1S/C15H19N3O2/c1-11(16)15(19)18(2)9-10-20-13-7-3-5-12-6-4-8-17-14(12)13/h3-8,11H,9-10,16H2,1-2H3. The summed E-state index contributed by atoms with van der Waals surface area (Å²) in [5.41, 5.74) is 6.38. The van der Waals surface area contributed by atoms with E-state index in [9.17, 15) is 4.79 Å². The minimum absolute atomic E-state index is 0.0929. The molecule has 2 aromatic rings. The van der Waals surface area contributed by atoms with E-state index < -0.39 is 6.04 Å². The van der Waals surface area contributed by atoms with Crippen LogP contribution in [0.4, 0.5) is 0 Å². The lowest BCUT2D eigenvalue weighted by molar-refractivity contribution is -0.131. The van der Waals surface area contributed by atoms with Crippen LogP contribution >= 0.6 is 0 Å². The van der Waals surface area contributed by atoms with Crippen LogP contribution in [0.2, 0.25) is 0 Å². The number of fused-ring (bicyclic) bond motifs is 1. The molecule has 0 spiro atoms. The third kappa shape index (κ3) is 3.24. The van der Waals surface area contributed by atoms with Crippen molar-refractivity contribution >= 4 is 16.8 Å². The first-order valence-electron chi connectivity index (χ1n) is 6.56. The molecule has 2 rings (SSSR count). The Bertz CT molecular complexity index is 593. The van der Waals surface area contributed by atoms with Crippen molar-refractivity contribution in [3.63, 3.8) is 0 Å². The molecule has 1 aromatic carbocycles. The maximum Gasteiger partial charge on any atom is 0.239 e. The monoisotopic (exact) mass is 273 g/mol. The van der Waals surface area contributed by atoms with Crippen LogP contribution in [0.1, 0.15) is 6.92 Å². The van der Waals surface area contributed by atoms with Crippen molar-refractivity contribution < 1.29 is 9.53 Å². The smallest absolute Gasteiger partial charge is 0.239 e. The van der Waals surface area contributed by atoms with E-state index in [-0.39, 0.29) is 5.91 Å². The second-order valence-corrected chi connectivity index (χ2v) is 4.73. The summed E-state index contributed by atoms with van der Waals surface area (Å²) in [7, 11) is 1.72. The van der Waals surface area contributed by atoms with Gasteiger partial charge in [-0.15, -0.1) is 0 Å². The van der Waals surface area contributed by atoms with Crippen molar-refractivity contribution in [2.75, 3.05) is 20.2 Å². The molecule has 0 fully saturated rings. The minimum atomic E-state index is -0.487. The van der Waals surface area contributed by atoms with Gasteiger partial charge in [0.05, 0.1) is 12.6 Å². The highest BCUT2D eigenvalue weighted by Gasteiger charge is 2.13. The highest BCUT2D eigenvalue weighted by Crippen LogP contribution is 2.22. The Labute approximate surface area is 118 Å². The molecular weight excluding hydrogens is 254 g/mol. The highest BCUT2D eigenvalue weighted by atomic mass is 16.5. The van der Waals surface area contributed by atoms with Gasteiger partial charge in [0, 0.05) is 18.6 Å². The molecule has 5 heteroatoms. The van der Waals surface area contributed by atoms with E-state index in [1.165, 1.54) is 0 Å². The number of rotatable bonds is 5. The molecule has 0 aliphatic rings. The van der Waals surface area contributed by atoms with Crippen LogP contribution in [0, 0.1) is 0 Å². The Balaban J connectivity index is 1.98. The third-order valence-corrected chi connectivity index (χ3v) is 3.05. The Hall–Kier alpha value is -2.14. The number of hydrogen-bond donors (Lipinski definition) is 1. The van der Waals surface area contributed by atoms with Gasteiger partial charge >= 0.3 is 0 Å². The molecule has 1 aromatic heterocycles. The normalized spacial score (nSPS) is 12.2. The number of para-hydroxylation sites is 1. The van der Waals surface area contributed by atoms with Gasteiger partial charge in [-0.25, -0.2) is 0 Å². The zero-order valence-corrected chi connectivity index (χ0v) is 11.7. The maximum absolute atomic E-state index is 11.6. The Morgan fingerprint density at radius 2 is 2.15 bits per heavy atom. The molecule has 1 heterocycles. The van der Waals surface area contributed by atoms with E-state index in [0.717, 1.165) is 16.7 Å². The molecule has 0 saturated heterocycles. The first kappa shape index (κ1) is 14.3. The zero-order valence-electron chi connectivity index (χ0n) is 11.7. The fraction of sp³-hybridized carbons (Fsp3) is 0.333. The quantitative estimate of drug-likeness (QED) is 0.894. The number of benzene rings is 1. The summed E-state index contributed by atoms with van der Waals surface area (Å²) in [6.07, 6.45) is 1.74. The van der Waals surface area contributed by atoms with Gasteiger partial charge in [-0.1, -0.05) is 18.2 Å². The summed E-state index contributed by atoms with van der Waals surface area (Å²) in [5, 5.41) is 1.03. The fourth-order valence-corrected chi connectivity index (χ4v) is 1.94. The van der Waals surface area contributed by atoms with E-state index in [4.69, 9.17) is 10.5 Å². The number of ether oxygens (including phenoxy) is 1. The maximum atomic E-state index is 11.6. The number of nitrogens with zero attached hydrogens (tertiary/aromatic N) is 2. The first-order chi connectivity index (χ1) is 9.59. The Morgan fingerprint density at radius 1 is 1.40 bits per heavy atom. The second-order valence-electron chi connectivity index (χ2n) is 4.73. The van der Waals surface area contributed by atoms with Gasteiger partial charge < -0.3 is 15.4 Å². The molecule has 0 bridgehead atoms. The molecule has 106 valence electrons. The third-order valence-electron chi connectivity index (χ3n) is 3.05. The van der Waals surface area contributed by atoms with Gasteiger partial charge in [-0.2, -0.15) is 0 Å². The highest BCUT2D eigenvalue weighted by molar-refractivity contribution is 5.84. The summed E-state index contributed by atoms with van der Waals surface area (Å²) in [6.45, 7) is 2.57. The molecule has 0 aliphatic carbocycles. The summed E-state index contributed by atoms with van der Waals surface area (Å²) in [4.78, 5) is 17.5. The van der Waals surface area contributed by atoms with E-state index >= 15 is 0 Å². The summed E-state index contributed by atoms with van der Waals surface area (Å²) in [5.74, 6) is 0.634. The number of pyridine rings is 1. The molecular formula is C15H19N3O2. The molecule has 2 N–H and O–H groups in total. The molecule has 0 aliphatic heterocycles. The number of hydrogen-bond acceptors (Lipinski definition) is 4. The number of carbonyl (C=O) groups excluding carboxylic acids is 1. The van der Waals surface area contributed by atoms with E-state index in [2.05, 4.69) is 4.98 Å². The molecule has 20 heavy (non-hydrogen) atoms. The van der Waals surface area contributed by atoms with Gasteiger partial charge in [0.1, 0.15) is 17.9 Å². The van der Waals surface area contributed by atoms with Crippen LogP contribution in [-0.2, 0) is 4.79 Å². The summed E-state index contributed by atoms with van der Waals surface area (Å²) in [6, 6.07) is 9.18. The average Bonchev–Trinajstić information content (AvgIpc) is 2.46. The largest absolute Gasteiger partial charge is 0.489 e. The number of nitrogens with two attached hydrogens (primary N) is 1. The fourth-order valence-electron chi connectivity index (χ4n) is 1.94. The van der Waals surface area contributed by atoms with Crippen molar-refractivity contribution in [1.29, 1.82) is 0 Å². The summed E-state index contributed by atoms with van der Waals surface area (Å²) < 4.78 is 5.72. The van der Waals surface area contributed by atoms with E-state index in [1.807, 2.05) is 30.3 Å². The Kier molecular flexibility index (Phi) is 4.53. The molecule has 1 amide bonds. The number of amides is 1. The minimum Gasteiger partial charge on any atom is -0.489 e. The van der Waals surface area contributed by atoms with Crippen molar-refractivity contribution in [3.05, 3.63) is 36.5 Å². The van der Waals surface area contributed by atoms with E-state index in [1.54, 1.807) is 25.1 Å². The molecule has 5 nitrogen and oxygen atoms in total. The molecule has 1 unspecified atom stereocenters. The lowest BCUT2D eigenvalue weighted by Gasteiger charge is -2.19. The predicted octanol–water partition coefficient (Wildman–Crippen LogP) is 1.42. The lowest BCUT2D eigenvalue weighted by atomic mass is 10.2. The zero-order chi connectivity index (χ0) is 14.5. The van der Waals surface area contributed by atoms with Crippen molar-refractivity contribution in [3.8, 4) is 5.75 Å². The average molecular weight is 273 g/mol. The van der Waals surface area contributed by atoms with Crippen molar-refractivity contribution in [2.24, 2.45) is 5.73 Å². The van der Waals surface area contributed by atoms with Gasteiger partial charge in [-0.3, -0.25) is 9.78 Å². The topological polar surface area (TPSA) is 68.5 Å². The second kappa shape index (κ2) is 6.34. The summed E-state index contributed by atoms with van der Waals surface area (Å²) >= 11 is 0. The molecule has 0 radical (unpaired) electrons. The van der Waals surface area contributed by atoms with Crippen LogP contribution in [0.5, 0.6) is 5.75 Å². The van der Waals surface area contributed by atoms with Crippen LogP contribution < -0.4 is 10.5 Å². The van der Waals surface area contributed by atoms with Gasteiger partial charge in [0.2, 0.25) is 5.91 Å². The molecule has 0 saturated carbocycles. The SMILES string of the molecule is CC(N)C(=O)N(C)CCOc1cccc2cccnc12. The van der Waals surface area contributed by atoms with E-state index in [0.29, 0.717) is 13.2 Å². The van der Waals surface area contributed by atoms with Gasteiger partial charge in [0.25, 0.3) is 0 Å². The van der Waals surface area contributed by atoms with Crippen molar-refractivity contribution in [1.82, 2.24) is 9.88 Å². The number of aromatic nitrogens is 1. The lowest BCUT2D eigenvalue weighted by Crippen LogP contribution is -2.41. The first-order valence-corrected chi connectivity index (χ1v) is 6.56. The Morgan fingerprint density at radius 3 is 2.90 bits per heavy atom. The molecule has 1 atom stereocenters. The van der Waals surface area contributed by atoms with Crippen LogP contribution in [0.3, 0.4) is 0 Å². The van der Waals surface area contributed by atoms with Crippen LogP contribution in [0.25, 0.3) is 10.9 Å². The van der Waals surface area contributed by atoms with Gasteiger partial charge in [0.15, 0.2) is 0 Å². The number of carbonyl (C=O) groups is 1. The number of likely N-dealkylation sites (N-methyl/N-ethyl adjacent to an activating group) is 1. The predicted molar refractivity (Wildman–Crippen MR) is 78.5 cm³/mol. The van der Waals surface area contributed by atoms with Gasteiger partial charge in [-0.05, 0) is 19.1 Å². The van der Waals surface area contributed by atoms with Crippen molar-refractivity contribution in [2.45, 2.75) is 13.0 Å². The van der Waals surface area contributed by atoms with Crippen LogP contribution in [0.15, 0.2) is 36.5 Å². The van der Waals surface area contributed by atoms with Crippen LogP contribution in [-0.4, -0.2) is 42.0 Å².